The molecule has 0 saturated heterocycles. The molecule has 2 heterocycles. The van der Waals surface area contributed by atoms with Gasteiger partial charge in [-0.1, -0.05) is 35.5 Å². The maximum atomic E-state index is 5.95. The lowest BCUT2D eigenvalue weighted by Gasteiger charge is -2.05. The SMILES string of the molecule is Cc1ccccc1-c1c(N)noc1-c1ccccn1. The second-order valence-corrected chi connectivity index (χ2v) is 4.30. The molecule has 0 aliphatic rings. The number of nitrogens with zero attached hydrogens (tertiary/aromatic N) is 2. The van der Waals surface area contributed by atoms with E-state index >= 15 is 0 Å². The maximum absolute atomic E-state index is 5.95. The quantitative estimate of drug-likeness (QED) is 0.759. The molecule has 0 aliphatic heterocycles. The first-order chi connectivity index (χ1) is 9.27. The number of nitrogens with two attached hydrogens (primary N) is 1. The van der Waals surface area contributed by atoms with E-state index in [4.69, 9.17) is 10.3 Å². The minimum absolute atomic E-state index is 0.384. The summed E-state index contributed by atoms with van der Waals surface area (Å²) in [6, 6.07) is 13.6. The van der Waals surface area contributed by atoms with Gasteiger partial charge in [0.15, 0.2) is 11.6 Å². The molecule has 0 unspecified atom stereocenters. The Morgan fingerprint density at radius 1 is 1.05 bits per heavy atom. The van der Waals surface area contributed by atoms with Crippen molar-refractivity contribution in [3.05, 3.63) is 54.2 Å². The lowest BCUT2D eigenvalue weighted by atomic mass is 9.99. The van der Waals surface area contributed by atoms with Gasteiger partial charge in [-0.25, -0.2) is 0 Å². The van der Waals surface area contributed by atoms with Crippen molar-refractivity contribution in [3.63, 3.8) is 0 Å². The number of aryl methyl sites for hydroxylation is 1. The van der Waals surface area contributed by atoms with Crippen molar-refractivity contribution in [3.8, 4) is 22.6 Å². The van der Waals surface area contributed by atoms with Crippen molar-refractivity contribution in [2.75, 3.05) is 5.73 Å². The summed E-state index contributed by atoms with van der Waals surface area (Å²) in [6.07, 6.45) is 1.72. The van der Waals surface area contributed by atoms with Crippen LogP contribution in [-0.2, 0) is 0 Å². The number of hydrogen-bond donors (Lipinski definition) is 1. The van der Waals surface area contributed by atoms with Crippen LogP contribution in [-0.4, -0.2) is 10.1 Å². The fourth-order valence-corrected chi connectivity index (χ4v) is 2.09. The van der Waals surface area contributed by atoms with E-state index in [1.165, 1.54) is 0 Å². The van der Waals surface area contributed by atoms with E-state index in [1.807, 2.05) is 49.4 Å². The third-order valence-corrected chi connectivity index (χ3v) is 3.03. The molecule has 4 heteroatoms. The Kier molecular flexibility index (Phi) is 2.76. The zero-order valence-electron chi connectivity index (χ0n) is 10.5. The molecule has 0 radical (unpaired) electrons. The monoisotopic (exact) mass is 251 g/mol. The summed E-state index contributed by atoms with van der Waals surface area (Å²) in [5.74, 6) is 0.988. The first kappa shape index (κ1) is 11.5. The van der Waals surface area contributed by atoms with Gasteiger partial charge >= 0.3 is 0 Å². The molecule has 2 N–H and O–H groups in total. The van der Waals surface area contributed by atoms with Gasteiger partial charge in [-0.05, 0) is 30.2 Å². The van der Waals surface area contributed by atoms with Gasteiger partial charge in [-0.15, -0.1) is 0 Å². The van der Waals surface area contributed by atoms with E-state index in [1.54, 1.807) is 6.20 Å². The molecule has 94 valence electrons. The van der Waals surface area contributed by atoms with Crippen molar-refractivity contribution in [2.45, 2.75) is 6.92 Å². The summed E-state index contributed by atoms with van der Waals surface area (Å²) in [5.41, 5.74) is 9.61. The molecule has 0 saturated carbocycles. The van der Waals surface area contributed by atoms with Crippen molar-refractivity contribution in [1.82, 2.24) is 10.1 Å². The topological polar surface area (TPSA) is 64.9 Å². The first-order valence-corrected chi connectivity index (χ1v) is 6.00. The summed E-state index contributed by atoms with van der Waals surface area (Å²) in [4.78, 5) is 4.29. The van der Waals surface area contributed by atoms with E-state index in [9.17, 15) is 0 Å². The highest BCUT2D eigenvalue weighted by atomic mass is 16.5. The molecule has 19 heavy (non-hydrogen) atoms. The van der Waals surface area contributed by atoms with Crippen LogP contribution in [0.1, 0.15) is 5.56 Å². The van der Waals surface area contributed by atoms with Crippen LogP contribution in [0.4, 0.5) is 5.82 Å². The molecule has 4 nitrogen and oxygen atoms in total. The van der Waals surface area contributed by atoms with Gasteiger partial charge < -0.3 is 10.3 Å². The first-order valence-electron chi connectivity index (χ1n) is 6.00. The molecule has 0 aliphatic carbocycles. The van der Waals surface area contributed by atoms with Crippen LogP contribution >= 0.6 is 0 Å². The molecule has 0 atom stereocenters. The average molecular weight is 251 g/mol. The Bertz CT molecular complexity index is 704. The molecule has 3 rings (SSSR count). The zero-order chi connectivity index (χ0) is 13.2. The molecule has 0 amide bonds. The largest absolute Gasteiger partial charge is 0.380 e. The van der Waals surface area contributed by atoms with E-state index in [0.717, 1.165) is 22.4 Å². The highest BCUT2D eigenvalue weighted by molar-refractivity contribution is 5.86. The predicted octanol–water partition coefficient (Wildman–Crippen LogP) is 3.29. The van der Waals surface area contributed by atoms with Crippen molar-refractivity contribution in [2.24, 2.45) is 0 Å². The summed E-state index contributed by atoms with van der Waals surface area (Å²) < 4.78 is 5.35. The molecular formula is C15H13N3O. The number of hydrogen-bond acceptors (Lipinski definition) is 4. The maximum Gasteiger partial charge on any atom is 0.195 e. The fourth-order valence-electron chi connectivity index (χ4n) is 2.09. The molecule has 1 aromatic carbocycles. The standard InChI is InChI=1S/C15H13N3O/c1-10-6-2-3-7-11(10)13-14(19-18-15(13)16)12-8-4-5-9-17-12/h2-9H,1H3,(H2,16,18). The minimum Gasteiger partial charge on any atom is -0.380 e. The third kappa shape index (κ3) is 1.97. The van der Waals surface area contributed by atoms with Crippen LogP contribution in [0, 0.1) is 6.92 Å². The van der Waals surface area contributed by atoms with Crippen molar-refractivity contribution in [1.29, 1.82) is 0 Å². The number of nitrogen functional groups attached to an aromatic ring is 1. The number of rotatable bonds is 2. The lowest BCUT2D eigenvalue weighted by molar-refractivity contribution is 0.435. The van der Waals surface area contributed by atoms with Crippen LogP contribution in [0.15, 0.2) is 53.2 Å². The van der Waals surface area contributed by atoms with Crippen LogP contribution in [0.25, 0.3) is 22.6 Å². The lowest BCUT2D eigenvalue weighted by Crippen LogP contribution is -1.91. The molecule has 0 spiro atoms. The number of pyridine rings is 1. The minimum atomic E-state index is 0.384. The summed E-state index contributed by atoms with van der Waals surface area (Å²) in [6.45, 7) is 2.03. The fraction of sp³-hybridized carbons (Fsp3) is 0.0667. The second kappa shape index (κ2) is 4.57. The Morgan fingerprint density at radius 2 is 1.84 bits per heavy atom. The van der Waals surface area contributed by atoms with Gasteiger partial charge in [0, 0.05) is 6.20 Å². The van der Waals surface area contributed by atoms with Crippen LogP contribution in [0.2, 0.25) is 0 Å². The van der Waals surface area contributed by atoms with E-state index in [2.05, 4.69) is 10.1 Å². The Balaban J connectivity index is 2.23. The molecule has 0 fully saturated rings. The highest BCUT2D eigenvalue weighted by Crippen LogP contribution is 2.36. The Morgan fingerprint density at radius 3 is 2.58 bits per heavy atom. The summed E-state index contributed by atoms with van der Waals surface area (Å²) in [5, 5.41) is 3.87. The van der Waals surface area contributed by atoms with Gasteiger partial charge in [0.25, 0.3) is 0 Å². The summed E-state index contributed by atoms with van der Waals surface area (Å²) in [7, 11) is 0. The highest BCUT2D eigenvalue weighted by Gasteiger charge is 2.19. The van der Waals surface area contributed by atoms with Gasteiger partial charge in [-0.2, -0.15) is 0 Å². The van der Waals surface area contributed by atoms with Crippen molar-refractivity contribution >= 4 is 5.82 Å². The molecule has 0 bridgehead atoms. The van der Waals surface area contributed by atoms with E-state index < -0.39 is 0 Å². The van der Waals surface area contributed by atoms with E-state index in [-0.39, 0.29) is 0 Å². The van der Waals surface area contributed by atoms with Crippen LogP contribution in [0.5, 0.6) is 0 Å². The zero-order valence-corrected chi connectivity index (χ0v) is 10.5. The van der Waals surface area contributed by atoms with Crippen LogP contribution in [0.3, 0.4) is 0 Å². The number of benzene rings is 1. The third-order valence-electron chi connectivity index (χ3n) is 3.03. The van der Waals surface area contributed by atoms with Crippen LogP contribution < -0.4 is 5.73 Å². The molecule has 2 aromatic heterocycles. The predicted molar refractivity (Wildman–Crippen MR) is 74.3 cm³/mol. The van der Waals surface area contributed by atoms with E-state index in [0.29, 0.717) is 11.6 Å². The molecular weight excluding hydrogens is 238 g/mol. The van der Waals surface area contributed by atoms with Gasteiger partial charge in [0.2, 0.25) is 0 Å². The smallest absolute Gasteiger partial charge is 0.195 e. The van der Waals surface area contributed by atoms with Gasteiger partial charge in [0.05, 0.1) is 5.56 Å². The normalized spacial score (nSPS) is 10.6. The van der Waals surface area contributed by atoms with Crippen molar-refractivity contribution < 1.29 is 4.52 Å². The summed E-state index contributed by atoms with van der Waals surface area (Å²) >= 11 is 0. The average Bonchev–Trinajstić information content (AvgIpc) is 2.82. The molecule has 3 aromatic rings. The number of anilines is 1. The van der Waals surface area contributed by atoms with Gasteiger partial charge in [0.1, 0.15) is 5.69 Å². The Hall–Kier alpha value is -2.62. The van der Waals surface area contributed by atoms with Gasteiger partial charge in [-0.3, -0.25) is 4.98 Å². The Labute approximate surface area is 110 Å². The number of aromatic nitrogens is 2. The second-order valence-electron chi connectivity index (χ2n) is 4.30.